The number of ketones is 1. The zero-order chi connectivity index (χ0) is 41.2. The van der Waals surface area contributed by atoms with Gasteiger partial charge < -0.3 is 19.2 Å². The summed E-state index contributed by atoms with van der Waals surface area (Å²) in [4.78, 5) is 44.4. The number of aromatic nitrogens is 1. The maximum atomic E-state index is 13.4. The van der Waals surface area contributed by atoms with E-state index in [0.717, 1.165) is 27.1 Å². The van der Waals surface area contributed by atoms with Gasteiger partial charge >= 0.3 is 6.09 Å². The number of carbonyl (C=O) groups is 3. The van der Waals surface area contributed by atoms with Gasteiger partial charge in [-0.3, -0.25) is 14.6 Å². The average molecular weight is 797 g/mol. The number of carbonyl (C=O) groups excluding carboxylic acids is 3. The molecule has 0 atom stereocenters. The number of hydrazone groups is 1. The van der Waals surface area contributed by atoms with Crippen LogP contribution in [0.1, 0.15) is 90.3 Å². The number of anilines is 1. The van der Waals surface area contributed by atoms with Gasteiger partial charge in [0.15, 0.2) is 5.75 Å². The predicted octanol–water partition coefficient (Wildman–Crippen LogP) is 11.0. The summed E-state index contributed by atoms with van der Waals surface area (Å²) in [6.45, 7) is 20.6. The van der Waals surface area contributed by atoms with Crippen LogP contribution in [0.5, 0.6) is 11.5 Å². The van der Waals surface area contributed by atoms with E-state index in [4.69, 9.17) is 13.9 Å². The molecule has 0 saturated heterocycles. The first-order chi connectivity index (χ1) is 26.4. The summed E-state index contributed by atoms with van der Waals surface area (Å²) in [5.74, 6) is 1.06. The summed E-state index contributed by atoms with van der Waals surface area (Å²) < 4.78 is 18.1. The van der Waals surface area contributed by atoms with E-state index in [1.54, 1.807) is 52.2 Å². The molecule has 0 unspecified atom stereocenters. The van der Waals surface area contributed by atoms with E-state index in [1.807, 2.05) is 67.6 Å². The minimum Gasteiger partial charge on any atom is -0.540 e. The van der Waals surface area contributed by atoms with Crippen molar-refractivity contribution in [2.45, 2.75) is 103 Å². The number of Topliss-reactive ketones (excluding diaryl/α,β-unsaturated/α-hetero) is 1. The molecule has 0 saturated carbocycles. The summed E-state index contributed by atoms with van der Waals surface area (Å²) >= 11 is 1.32. The third kappa shape index (κ3) is 12.0. The molecule has 2 N–H and O–H groups in total. The fourth-order valence-electron chi connectivity index (χ4n) is 6.82. The second-order valence-corrected chi connectivity index (χ2v) is 22.2. The molecule has 10 nitrogen and oxygen atoms in total. The molecule has 1 heterocycles. The highest BCUT2D eigenvalue weighted by Gasteiger charge is 2.47. The molecule has 0 aliphatic heterocycles. The summed E-state index contributed by atoms with van der Waals surface area (Å²) in [7, 11) is -0.654. The summed E-state index contributed by atoms with van der Waals surface area (Å²) in [5.41, 5.74) is 6.88. The Bertz CT molecular complexity index is 2070. The van der Waals surface area contributed by atoms with Gasteiger partial charge in [0.05, 0.1) is 30.5 Å². The number of hydrogen-bond acceptors (Lipinski definition) is 9. The van der Waals surface area contributed by atoms with Crippen molar-refractivity contribution in [3.05, 3.63) is 95.7 Å². The SMILES string of the molecule is COc1ccc(/C=C/C(CC(=O)CSc2cccc(C(=O)Nc3ccc4nc(C)ccc4c3)c2)=N\NC(=O)OC(C)(C)C)cc1O[Si](C(C)C)(C(C)C)C(C)C. The molecule has 0 spiro atoms. The summed E-state index contributed by atoms with van der Waals surface area (Å²) in [6, 6.07) is 22.4. The van der Waals surface area contributed by atoms with Crippen LogP contribution in [0.15, 0.2) is 88.9 Å². The number of thioether (sulfide) groups is 1. The van der Waals surface area contributed by atoms with Crippen LogP contribution >= 0.6 is 11.8 Å². The van der Waals surface area contributed by atoms with E-state index < -0.39 is 20.0 Å². The monoisotopic (exact) mass is 796 g/mol. The number of rotatable bonds is 16. The second kappa shape index (κ2) is 19.3. The van der Waals surface area contributed by atoms with Crippen LogP contribution in [0.25, 0.3) is 17.0 Å². The lowest BCUT2D eigenvalue weighted by Gasteiger charge is -2.42. The Balaban J connectivity index is 1.50. The van der Waals surface area contributed by atoms with Crippen molar-refractivity contribution in [2.24, 2.45) is 5.10 Å². The normalized spacial score (nSPS) is 12.4. The van der Waals surface area contributed by atoms with Crippen molar-refractivity contribution in [3.63, 3.8) is 0 Å². The fourth-order valence-corrected chi connectivity index (χ4v) is 12.9. The first-order valence-electron chi connectivity index (χ1n) is 18.9. The number of allylic oxidation sites excluding steroid dienone is 1. The number of nitrogens with one attached hydrogen (secondary N) is 2. The van der Waals surface area contributed by atoms with Crippen LogP contribution < -0.4 is 19.9 Å². The third-order valence-corrected chi connectivity index (χ3v) is 16.3. The van der Waals surface area contributed by atoms with E-state index in [2.05, 4.69) is 62.4 Å². The molecule has 0 bridgehead atoms. The fraction of sp³-hybridized carbons (Fsp3) is 0.386. The first-order valence-corrected chi connectivity index (χ1v) is 22.1. The minimum atomic E-state index is -2.29. The Kier molecular flexibility index (Phi) is 15.1. The van der Waals surface area contributed by atoms with Gasteiger partial charge in [0, 0.05) is 27.2 Å². The standard InChI is InChI=1S/C44H56N4O6SSi/c1-28(2)56(29(3)4,30(5)6)54-41-23-32(17-22-40(41)52-11)16-19-36(47-48-43(51)53-44(8,9)10)26-37(49)27-55-38-14-12-13-34(25-38)42(50)46-35-20-21-39-33(24-35)18-15-31(7)45-39/h12-25,28-30H,26-27H2,1-11H3,(H,46,50)(H,48,51)/b19-16+,47-36+. The molecule has 4 aromatic rings. The predicted molar refractivity (Wildman–Crippen MR) is 232 cm³/mol. The molecular formula is C44H56N4O6SSi. The van der Waals surface area contributed by atoms with Gasteiger partial charge in [-0.05, 0) is 111 Å². The van der Waals surface area contributed by atoms with Gasteiger partial charge in [0.1, 0.15) is 17.1 Å². The van der Waals surface area contributed by atoms with E-state index >= 15 is 0 Å². The number of aryl methyl sites for hydroxylation is 1. The highest BCUT2D eigenvalue weighted by Crippen LogP contribution is 2.45. The van der Waals surface area contributed by atoms with E-state index in [9.17, 15) is 14.4 Å². The zero-order valence-corrected chi connectivity index (χ0v) is 36.3. The quantitative estimate of drug-likeness (QED) is 0.0496. The number of hydrogen-bond donors (Lipinski definition) is 2. The molecule has 56 heavy (non-hydrogen) atoms. The number of fused-ring (bicyclic) bond motifs is 1. The van der Waals surface area contributed by atoms with Crippen LogP contribution in [-0.2, 0) is 9.53 Å². The number of amides is 2. The first kappa shape index (κ1) is 43.8. The lowest BCUT2D eigenvalue weighted by Crippen LogP contribution is -2.50. The van der Waals surface area contributed by atoms with Crippen molar-refractivity contribution in [3.8, 4) is 11.5 Å². The zero-order valence-electron chi connectivity index (χ0n) is 34.5. The Morgan fingerprint density at radius 3 is 2.27 bits per heavy atom. The van der Waals surface area contributed by atoms with E-state index in [1.165, 1.54) is 11.8 Å². The lowest BCUT2D eigenvalue weighted by atomic mass is 10.1. The van der Waals surface area contributed by atoms with Gasteiger partial charge in [-0.1, -0.05) is 65.8 Å². The van der Waals surface area contributed by atoms with Crippen molar-refractivity contribution < 1.29 is 28.3 Å². The number of ether oxygens (including phenoxy) is 2. The minimum absolute atomic E-state index is 0.0561. The van der Waals surface area contributed by atoms with Crippen LogP contribution in [0.4, 0.5) is 10.5 Å². The average Bonchev–Trinajstić information content (AvgIpc) is 3.13. The van der Waals surface area contributed by atoms with Gasteiger partial charge in [-0.2, -0.15) is 5.10 Å². The number of benzene rings is 3. The van der Waals surface area contributed by atoms with Crippen LogP contribution in [-0.4, -0.2) is 55.3 Å². The Labute approximate surface area is 337 Å². The van der Waals surface area contributed by atoms with E-state index in [-0.39, 0.29) is 23.9 Å². The van der Waals surface area contributed by atoms with Crippen molar-refractivity contribution in [1.29, 1.82) is 0 Å². The molecule has 298 valence electrons. The maximum absolute atomic E-state index is 13.4. The highest BCUT2D eigenvalue weighted by atomic mass is 32.2. The number of methoxy groups -OCH3 is 1. The molecule has 0 radical (unpaired) electrons. The Hall–Kier alpha value is -4.94. The lowest BCUT2D eigenvalue weighted by molar-refractivity contribution is -0.115. The van der Waals surface area contributed by atoms with Crippen molar-refractivity contribution in [2.75, 3.05) is 18.2 Å². The van der Waals surface area contributed by atoms with Gasteiger partial charge in [-0.15, -0.1) is 11.8 Å². The molecule has 1 aromatic heterocycles. The van der Waals surface area contributed by atoms with Crippen LogP contribution in [0.2, 0.25) is 16.6 Å². The molecule has 0 aliphatic carbocycles. The van der Waals surface area contributed by atoms with Crippen LogP contribution in [0.3, 0.4) is 0 Å². The molecule has 0 aliphatic rings. The number of nitrogens with zero attached hydrogens (tertiary/aromatic N) is 2. The number of pyridine rings is 1. The van der Waals surface area contributed by atoms with Crippen molar-refractivity contribution >= 4 is 66.2 Å². The molecule has 3 aromatic carbocycles. The highest BCUT2D eigenvalue weighted by molar-refractivity contribution is 8.00. The largest absolute Gasteiger partial charge is 0.540 e. The molecule has 12 heteroatoms. The van der Waals surface area contributed by atoms with Crippen molar-refractivity contribution in [1.82, 2.24) is 10.4 Å². The van der Waals surface area contributed by atoms with E-state index in [0.29, 0.717) is 45.1 Å². The Morgan fingerprint density at radius 2 is 1.61 bits per heavy atom. The topological polar surface area (TPSA) is 128 Å². The maximum Gasteiger partial charge on any atom is 0.428 e. The third-order valence-electron chi connectivity index (χ3n) is 9.30. The molecule has 0 fully saturated rings. The second-order valence-electron chi connectivity index (χ2n) is 15.7. The molecule has 2 amide bonds. The summed E-state index contributed by atoms with van der Waals surface area (Å²) in [5, 5.41) is 8.16. The van der Waals surface area contributed by atoms with Crippen LogP contribution in [0, 0.1) is 6.92 Å². The Morgan fingerprint density at radius 1 is 0.893 bits per heavy atom. The van der Waals surface area contributed by atoms with Gasteiger partial charge in [-0.25, -0.2) is 10.2 Å². The van der Waals surface area contributed by atoms with Gasteiger partial charge in [0.2, 0.25) is 0 Å². The molecule has 4 rings (SSSR count). The summed E-state index contributed by atoms with van der Waals surface area (Å²) in [6.07, 6.45) is 2.76. The molecular weight excluding hydrogens is 741 g/mol. The van der Waals surface area contributed by atoms with Gasteiger partial charge in [0.25, 0.3) is 14.2 Å². The smallest absolute Gasteiger partial charge is 0.428 e.